The third kappa shape index (κ3) is 2.82. The van der Waals surface area contributed by atoms with E-state index in [1.807, 2.05) is 20.0 Å². The third-order valence-corrected chi connectivity index (χ3v) is 6.19. The largest absolute Gasteiger partial charge is 0.346 e. The van der Waals surface area contributed by atoms with Crippen LogP contribution in [0.1, 0.15) is 42.3 Å². The molecule has 158 valence electrons. The third-order valence-electron chi connectivity index (χ3n) is 6.19. The first-order chi connectivity index (χ1) is 14.3. The topological polar surface area (TPSA) is 38.9 Å². The molecule has 2 aliphatic rings. The number of hydrogen-bond acceptors (Lipinski definition) is 3. The van der Waals surface area contributed by atoms with Gasteiger partial charge in [-0.2, -0.15) is 10.2 Å². The number of hydrogen-bond donors (Lipinski definition) is 0. The van der Waals surface area contributed by atoms with Crippen LogP contribution in [0, 0.1) is 17.5 Å². The molecule has 0 saturated heterocycles. The van der Waals surface area contributed by atoms with Crippen molar-refractivity contribution in [1.82, 2.24) is 19.6 Å². The second-order valence-corrected chi connectivity index (χ2v) is 8.12. The van der Waals surface area contributed by atoms with Gasteiger partial charge in [0.2, 0.25) is 0 Å². The molecule has 3 aromatic rings. The molecule has 0 amide bonds. The van der Waals surface area contributed by atoms with E-state index in [1.165, 1.54) is 0 Å². The Morgan fingerprint density at radius 2 is 1.67 bits per heavy atom. The van der Waals surface area contributed by atoms with Crippen molar-refractivity contribution in [3.63, 3.8) is 0 Å². The molecule has 30 heavy (non-hydrogen) atoms. The van der Waals surface area contributed by atoms with Crippen molar-refractivity contribution in [3.05, 3.63) is 52.6 Å². The van der Waals surface area contributed by atoms with Crippen LogP contribution in [0.4, 0.5) is 23.4 Å². The zero-order valence-corrected chi connectivity index (χ0v) is 16.8. The molecule has 3 heterocycles. The predicted molar refractivity (Wildman–Crippen MR) is 103 cm³/mol. The van der Waals surface area contributed by atoms with Gasteiger partial charge in [0.15, 0.2) is 23.3 Å². The van der Waals surface area contributed by atoms with E-state index >= 15 is 0 Å². The van der Waals surface area contributed by atoms with Crippen LogP contribution in [0.25, 0.3) is 11.3 Å². The van der Waals surface area contributed by atoms with E-state index in [0.29, 0.717) is 25.1 Å². The molecule has 2 aromatic heterocycles. The molecule has 0 bridgehead atoms. The number of alkyl halides is 1. The van der Waals surface area contributed by atoms with Gasteiger partial charge >= 0.3 is 0 Å². The molecule has 1 saturated carbocycles. The van der Waals surface area contributed by atoms with Crippen molar-refractivity contribution in [1.29, 1.82) is 0 Å². The van der Waals surface area contributed by atoms with Gasteiger partial charge in [0.05, 0.1) is 17.4 Å². The molecule has 0 N–H and O–H groups in total. The Hall–Kier alpha value is -2.84. The van der Waals surface area contributed by atoms with Crippen molar-refractivity contribution >= 4 is 5.82 Å². The van der Waals surface area contributed by atoms with Crippen LogP contribution < -0.4 is 4.90 Å². The molecule has 3 atom stereocenters. The van der Waals surface area contributed by atoms with Crippen molar-refractivity contribution in [2.24, 2.45) is 14.1 Å². The molecule has 1 aliphatic heterocycles. The average molecular weight is 419 g/mol. The fourth-order valence-electron chi connectivity index (χ4n) is 4.53. The lowest BCUT2D eigenvalue weighted by molar-refractivity contribution is 0.447. The second-order valence-electron chi connectivity index (χ2n) is 8.12. The number of rotatable bonds is 3. The summed E-state index contributed by atoms with van der Waals surface area (Å²) in [4.78, 5) is 2.10. The Balaban J connectivity index is 1.51. The van der Waals surface area contributed by atoms with E-state index in [4.69, 9.17) is 0 Å². The maximum Gasteiger partial charge on any atom is 0.194 e. The Labute approximate surface area is 170 Å². The van der Waals surface area contributed by atoms with Gasteiger partial charge in [-0.05, 0) is 31.9 Å². The van der Waals surface area contributed by atoms with E-state index in [9.17, 15) is 17.6 Å². The smallest absolute Gasteiger partial charge is 0.194 e. The maximum absolute atomic E-state index is 13.8. The van der Waals surface area contributed by atoms with E-state index in [1.54, 1.807) is 16.4 Å². The second kappa shape index (κ2) is 6.58. The molecule has 1 fully saturated rings. The molecule has 1 aliphatic carbocycles. The maximum atomic E-state index is 13.8. The highest BCUT2D eigenvalue weighted by Gasteiger charge is 2.42. The summed E-state index contributed by atoms with van der Waals surface area (Å²) in [6.45, 7) is 2.61. The highest BCUT2D eigenvalue weighted by Crippen LogP contribution is 2.45. The van der Waals surface area contributed by atoms with Crippen molar-refractivity contribution in [3.8, 4) is 11.3 Å². The summed E-state index contributed by atoms with van der Waals surface area (Å²) in [6.07, 6.45) is 0.325. The van der Waals surface area contributed by atoms with Crippen LogP contribution in [0.15, 0.2) is 18.2 Å². The summed E-state index contributed by atoms with van der Waals surface area (Å²) in [5, 5.41) is 9.17. The van der Waals surface area contributed by atoms with Gasteiger partial charge in [-0.3, -0.25) is 9.36 Å². The normalized spacial score (nSPS) is 23.0. The summed E-state index contributed by atoms with van der Waals surface area (Å²) < 4.78 is 57.8. The van der Waals surface area contributed by atoms with Gasteiger partial charge in [0.25, 0.3) is 0 Å². The summed E-state index contributed by atoms with van der Waals surface area (Å²) in [7, 11) is 3.53. The quantitative estimate of drug-likeness (QED) is 0.472. The molecule has 5 nitrogen and oxygen atoms in total. The molecule has 0 spiro atoms. The number of nitrogens with zero attached hydrogens (tertiary/aromatic N) is 5. The van der Waals surface area contributed by atoms with E-state index in [2.05, 4.69) is 15.1 Å². The first-order valence-corrected chi connectivity index (χ1v) is 9.91. The number of aryl methyl sites for hydroxylation is 2. The van der Waals surface area contributed by atoms with Gasteiger partial charge in [-0.15, -0.1) is 0 Å². The van der Waals surface area contributed by atoms with Gasteiger partial charge in [-0.25, -0.2) is 17.6 Å². The van der Waals surface area contributed by atoms with Crippen LogP contribution >= 0.6 is 0 Å². The van der Waals surface area contributed by atoms with Crippen LogP contribution in [-0.4, -0.2) is 32.3 Å². The summed E-state index contributed by atoms with van der Waals surface area (Å²) >= 11 is 0. The lowest BCUT2D eigenvalue weighted by Gasteiger charge is -2.33. The van der Waals surface area contributed by atoms with Crippen molar-refractivity contribution in [2.45, 2.75) is 37.9 Å². The monoisotopic (exact) mass is 419 g/mol. The van der Waals surface area contributed by atoms with Gasteiger partial charge in [-0.1, -0.05) is 0 Å². The number of aromatic nitrogens is 4. The molecular weight excluding hydrogens is 398 g/mol. The standard InChI is InChI=1S/C21H21F4N5/c1-10-20-12(21(29(3)27-20)11-6-15(23)19(25)16(24)7-11)4-5-30(10)18-9-17(28(2)26-18)13-8-14(13)22/h6-7,9-10,13-14H,4-5,8H2,1-3H3/t10-,13?,14?/m0/s1. The van der Waals surface area contributed by atoms with Crippen molar-refractivity contribution < 1.29 is 17.6 Å². The minimum Gasteiger partial charge on any atom is -0.346 e. The Morgan fingerprint density at radius 3 is 2.30 bits per heavy atom. The van der Waals surface area contributed by atoms with Crippen LogP contribution in [0.3, 0.4) is 0 Å². The fraction of sp³-hybridized carbons (Fsp3) is 0.429. The molecule has 0 radical (unpaired) electrons. The zero-order chi connectivity index (χ0) is 21.3. The van der Waals surface area contributed by atoms with Gasteiger partial charge < -0.3 is 4.90 Å². The van der Waals surface area contributed by atoms with Crippen molar-refractivity contribution in [2.75, 3.05) is 11.4 Å². The van der Waals surface area contributed by atoms with E-state index < -0.39 is 23.6 Å². The Morgan fingerprint density at radius 1 is 1.00 bits per heavy atom. The van der Waals surface area contributed by atoms with Crippen LogP contribution in [0.2, 0.25) is 0 Å². The van der Waals surface area contributed by atoms with Crippen LogP contribution in [0.5, 0.6) is 0 Å². The Bertz CT molecular complexity index is 1130. The predicted octanol–water partition coefficient (Wildman–Crippen LogP) is 4.19. The number of halogens is 4. The van der Waals surface area contributed by atoms with Gasteiger partial charge in [0, 0.05) is 49.4 Å². The van der Waals surface area contributed by atoms with E-state index in [0.717, 1.165) is 34.9 Å². The highest BCUT2D eigenvalue weighted by molar-refractivity contribution is 5.67. The summed E-state index contributed by atoms with van der Waals surface area (Å²) in [6, 6.07) is 3.80. The number of benzene rings is 1. The molecular formula is C21H21F4N5. The SMILES string of the molecule is C[C@H]1c2nn(C)c(-c3cc(F)c(F)c(F)c3)c2CCN1c1cc(C2CC2F)n(C)n1. The summed E-state index contributed by atoms with van der Waals surface area (Å²) in [5.74, 6) is -3.26. The van der Waals surface area contributed by atoms with E-state index in [-0.39, 0.29) is 17.5 Å². The number of anilines is 1. The van der Waals surface area contributed by atoms with Crippen LogP contribution in [-0.2, 0) is 20.5 Å². The summed E-state index contributed by atoms with van der Waals surface area (Å²) in [5.41, 5.74) is 3.38. The minimum atomic E-state index is -1.48. The number of fused-ring (bicyclic) bond motifs is 1. The van der Waals surface area contributed by atoms with Gasteiger partial charge in [0.1, 0.15) is 6.17 Å². The molecule has 5 rings (SSSR count). The highest BCUT2D eigenvalue weighted by atomic mass is 19.2. The first-order valence-electron chi connectivity index (χ1n) is 9.91. The molecule has 1 aromatic carbocycles. The molecule has 9 heteroatoms. The average Bonchev–Trinajstić information content (AvgIpc) is 3.13. The first kappa shape index (κ1) is 19.1. The Kier molecular flexibility index (Phi) is 4.20. The minimum absolute atomic E-state index is 0.0865. The lowest BCUT2D eigenvalue weighted by Crippen LogP contribution is -2.34. The lowest BCUT2D eigenvalue weighted by atomic mass is 9.95. The fourth-order valence-corrected chi connectivity index (χ4v) is 4.53. The zero-order valence-electron chi connectivity index (χ0n) is 16.8. The molecule has 2 unspecified atom stereocenters.